The van der Waals surface area contributed by atoms with Crippen molar-refractivity contribution in [2.24, 2.45) is 5.92 Å². The summed E-state index contributed by atoms with van der Waals surface area (Å²) in [5.74, 6) is 1.55. The summed E-state index contributed by atoms with van der Waals surface area (Å²) in [5.41, 5.74) is 3.16. The van der Waals surface area contributed by atoms with Gasteiger partial charge in [-0.05, 0) is 50.0 Å². The molecule has 0 radical (unpaired) electrons. The molecule has 1 unspecified atom stereocenters. The fraction of sp³-hybridized carbons (Fsp3) is 0.545. The largest absolute Gasteiger partial charge is 0.497 e. The number of methoxy groups -OCH3 is 1. The number of carbonyl (C=O) groups excluding carboxylic acids is 1. The molecular weight excluding hydrogens is 366 g/mol. The lowest BCUT2D eigenvalue weighted by Gasteiger charge is -2.32. The van der Waals surface area contributed by atoms with Crippen LogP contribution in [0.25, 0.3) is 0 Å². The Kier molecular flexibility index (Phi) is 6.16. The van der Waals surface area contributed by atoms with E-state index in [0.29, 0.717) is 5.92 Å². The molecule has 1 saturated heterocycles. The van der Waals surface area contributed by atoms with Gasteiger partial charge in [-0.2, -0.15) is 5.10 Å². The number of nitrogens with one attached hydrogen (secondary N) is 1. The SMILES string of the molecule is COc1ccc(CNCC2CCn3ncc(C(=O)N4CCN(C)CC4)c3C2)cc1. The summed E-state index contributed by atoms with van der Waals surface area (Å²) in [7, 11) is 3.79. The fourth-order valence-electron chi connectivity index (χ4n) is 4.20. The van der Waals surface area contributed by atoms with Crippen LogP contribution in [0, 0.1) is 5.92 Å². The smallest absolute Gasteiger partial charge is 0.257 e. The minimum absolute atomic E-state index is 0.145. The number of nitrogens with zero attached hydrogens (tertiary/aromatic N) is 4. The Morgan fingerprint density at radius 1 is 1.17 bits per heavy atom. The molecule has 4 rings (SSSR count). The molecule has 0 saturated carbocycles. The van der Waals surface area contributed by atoms with Crippen molar-refractivity contribution in [1.29, 1.82) is 0 Å². The maximum absolute atomic E-state index is 13.0. The molecule has 1 N–H and O–H groups in total. The highest BCUT2D eigenvalue weighted by atomic mass is 16.5. The van der Waals surface area contributed by atoms with Crippen LogP contribution in [0.3, 0.4) is 0 Å². The molecule has 2 aromatic rings. The zero-order chi connectivity index (χ0) is 20.2. The molecule has 1 aromatic heterocycles. The molecule has 7 nitrogen and oxygen atoms in total. The van der Waals surface area contributed by atoms with Gasteiger partial charge in [0.05, 0.1) is 24.6 Å². The Morgan fingerprint density at radius 3 is 2.66 bits per heavy atom. The monoisotopic (exact) mass is 397 g/mol. The zero-order valence-corrected chi connectivity index (χ0v) is 17.4. The standard InChI is InChI=1S/C22H31N5O2/c1-25-9-11-26(12-10-25)22(28)20-16-24-27-8-7-18(13-21(20)27)15-23-14-17-3-5-19(29-2)6-4-17/h3-6,16,18,23H,7-15H2,1-2H3. The van der Waals surface area contributed by atoms with E-state index in [1.165, 1.54) is 5.56 Å². The highest BCUT2D eigenvalue weighted by Gasteiger charge is 2.28. The van der Waals surface area contributed by atoms with Crippen LogP contribution in [0.5, 0.6) is 5.75 Å². The number of ether oxygens (including phenoxy) is 1. The van der Waals surface area contributed by atoms with Gasteiger partial charge in [0, 0.05) is 39.3 Å². The van der Waals surface area contributed by atoms with E-state index in [9.17, 15) is 4.79 Å². The van der Waals surface area contributed by atoms with Crippen molar-refractivity contribution in [2.45, 2.75) is 25.9 Å². The number of rotatable bonds is 6. The molecule has 0 aliphatic carbocycles. The van der Waals surface area contributed by atoms with Crippen molar-refractivity contribution < 1.29 is 9.53 Å². The Morgan fingerprint density at radius 2 is 1.93 bits per heavy atom. The average Bonchev–Trinajstić information content (AvgIpc) is 3.17. The summed E-state index contributed by atoms with van der Waals surface area (Å²) in [6.45, 7) is 6.15. The van der Waals surface area contributed by atoms with Gasteiger partial charge in [-0.1, -0.05) is 12.1 Å². The van der Waals surface area contributed by atoms with Gasteiger partial charge in [0.15, 0.2) is 0 Å². The van der Waals surface area contributed by atoms with E-state index >= 15 is 0 Å². The highest BCUT2D eigenvalue weighted by molar-refractivity contribution is 5.95. The van der Waals surface area contributed by atoms with E-state index in [1.54, 1.807) is 13.3 Å². The van der Waals surface area contributed by atoms with Crippen LogP contribution in [0.4, 0.5) is 0 Å². The van der Waals surface area contributed by atoms with Crippen molar-refractivity contribution >= 4 is 5.91 Å². The van der Waals surface area contributed by atoms with Crippen LogP contribution in [-0.4, -0.2) is 72.4 Å². The highest BCUT2D eigenvalue weighted by Crippen LogP contribution is 2.24. The number of piperazine rings is 1. The van der Waals surface area contributed by atoms with Gasteiger partial charge in [0.25, 0.3) is 5.91 Å². The van der Waals surface area contributed by atoms with Gasteiger partial charge in [0.2, 0.25) is 0 Å². The topological polar surface area (TPSA) is 62.6 Å². The number of likely N-dealkylation sites (N-methyl/N-ethyl adjacent to an activating group) is 1. The normalized spacial score (nSPS) is 19.8. The van der Waals surface area contributed by atoms with E-state index in [2.05, 4.69) is 34.5 Å². The third-order valence-electron chi connectivity index (χ3n) is 6.12. The molecule has 1 amide bonds. The molecule has 1 atom stereocenters. The van der Waals surface area contributed by atoms with Crippen LogP contribution in [0.2, 0.25) is 0 Å². The molecule has 7 heteroatoms. The van der Waals surface area contributed by atoms with E-state index < -0.39 is 0 Å². The van der Waals surface area contributed by atoms with Crippen molar-refractivity contribution in [2.75, 3.05) is 46.9 Å². The molecule has 156 valence electrons. The molecule has 3 heterocycles. The number of fused-ring (bicyclic) bond motifs is 1. The fourth-order valence-corrected chi connectivity index (χ4v) is 4.20. The summed E-state index contributed by atoms with van der Waals surface area (Å²) >= 11 is 0. The van der Waals surface area contributed by atoms with Crippen LogP contribution < -0.4 is 10.1 Å². The molecule has 2 aliphatic heterocycles. The first-order valence-electron chi connectivity index (χ1n) is 10.5. The summed E-state index contributed by atoms with van der Waals surface area (Å²) in [5, 5.41) is 8.07. The van der Waals surface area contributed by atoms with E-state index in [0.717, 1.165) is 75.7 Å². The lowest BCUT2D eigenvalue weighted by molar-refractivity contribution is 0.0662. The second-order valence-electron chi connectivity index (χ2n) is 8.16. The van der Waals surface area contributed by atoms with Crippen molar-refractivity contribution in [3.8, 4) is 5.75 Å². The van der Waals surface area contributed by atoms with Crippen molar-refractivity contribution in [1.82, 2.24) is 24.9 Å². The van der Waals surface area contributed by atoms with Crippen molar-refractivity contribution in [3.05, 3.63) is 47.3 Å². The van der Waals surface area contributed by atoms with Crippen LogP contribution in [0.1, 0.15) is 28.0 Å². The Hall–Kier alpha value is -2.38. The zero-order valence-electron chi connectivity index (χ0n) is 17.4. The molecule has 2 aliphatic rings. The van der Waals surface area contributed by atoms with Gasteiger partial charge < -0.3 is 19.9 Å². The molecule has 29 heavy (non-hydrogen) atoms. The van der Waals surface area contributed by atoms with Crippen LogP contribution in [0.15, 0.2) is 30.5 Å². The summed E-state index contributed by atoms with van der Waals surface area (Å²) in [6, 6.07) is 8.17. The van der Waals surface area contributed by atoms with Gasteiger partial charge >= 0.3 is 0 Å². The van der Waals surface area contributed by atoms with Gasteiger partial charge in [-0.25, -0.2) is 0 Å². The Balaban J connectivity index is 1.33. The number of benzene rings is 1. The number of hydrogen-bond donors (Lipinski definition) is 1. The van der Waals surface area contributed by atoms with E-state index in [-0.39, 0.29) is 5.91 Å². The first-order chi connectivity index (χ1) is 14.1. The van der Waals surface area contributed by atoms with Crippen molar-refractivity contribution in [3.63, 3.8) is 0 Å². The second kappa shape index (κ2) is 8.97. The van der Waals surface area contributed by atoms with Gasteiger partial charge in [-0.15, -0.1) is 0 Å². The molecule has 0 spiro atoms. The first kappa shape index (κ1) is 19.9. The Labute approximate surface area is 172 Å². The number of carbonyl (C=O) groups is 1. The quantitative estimate of drug-likeness (QED) is 0.803. The number of amides is 1. The first-order valence-corrected chi connectivity index (χ1v) is 10.5. The summed E-state index contributed by atoms with van der Waals surface area (Å²) in [6.07, 6.45) is 3.78. The number of aryl methyl sites for hydroxylation is 1. The lowest BCUT2D eigenvalue weighted by Crippen LogP contribution is -2.47. The Bertz CT molecular complexity index is 824. The molecule has 1 fully saturated rings. The summed E-state index contributed by atoms with van der Waals surface area (Å²) < 4.78 is 7.24. The minimum Gasteiger partial charge on any atom is -0.497 e. The molecule has 1 aromatic carbocycles. The maximum Gasteiger partial charge on any atom is 0.257 e. The van der Waals surface area contributed by atoms with Crippen LogP contribution >= 0.6 is 0 Å². The summed E-state index contributed by atoms with van der Waals surface area (Å²) in [4.78, 5) is 17.3. The average molecular weight is 398 g/mol. The predicted molar refractivity (Wildman–Crippen MR) is 112 cm³/mol. The predicted octanol–water partition coefficient (Wildman–Crippen LogP) is 1.63. The number of aromatic nitrogens is 2. The third kappa shape index (κ3) is 4.62. The van der Waals surface area contributed by atoms with Crippen LogP contribution in [-0.2, 0) is 19.5 Å². The lowest BCUT2D eigenvalue weighted by atomic mass is 9.94. The van der Waals surface area contributed by atoms with E-state index in [1.807, 2.05) is 21.7 Å². The van der Waals surface area contributed by atoms with Gasteiger partial charge in [0.1, 0.15) is 5.75 Å². The minimum atomic E-state index is 0.145. The molecule has 0 bridgehead atoms. The molecular formula is C22H31N5O2. The van der Waals surface area contributed by atoms with E-state index in [4.69, 9.17) is 4.74 Å². The second-order valence-corrected chi connectivity index (χ2v) is 8.16. The third-order valence-corrected chi connectivity index (χ3v) is 6.12. The number of hydrogen-bond acceptors (Lipinski definition) is 5. The van der Waals surface area contributed by atoms with Gasteiger partial charge in [-0.3, -0.25) is 9.48 Å². The maximum atomic E-state index is 13.0.